The molecule has 2 rings (SSSR count). The van der Waals surface area contributed by atoms with Gasteiger partial charge in [-0.25, -0.2) is 4.90 Å². The van der Waals surface area contributed by atoms with Crippen LogP contribution in [-0.2, 0) is 15.1 Å². The van der Waals surface area contributed by atoms with Crippen LogP contribution in [0.2, 0.25) is 0 Å². The van der Waals surface area contributed by atoms with Gasteiger partial charge in [-0.05, 0) is 7.05 Å². The van der Waals surface area contributed by atoms with Crippen molar-refractivity contribution in [2.75, 3.05) is 39.2 Å². The van der Waals surface area contributed by atoms with E-state index in [1.165, 1.54) is 25.5 Å². The molecule has 2 fully saturated rings. The molecule has 88 valence electrons. The molecule has 2 heterocycles. The number of fused-ring (bicyclic) bond motifs is 2. The molecule has 0 saturated carbocycles. The maximum absolute atomic E-state index is 4.85. The Morgan fingerprint density at radius 2 is 2.00 bits per heavy atom. The molecule has 2 aliphatic heterocycles. The molecular weight excluding hydrogens is 329 g/mol. The molecule has 1 N–H and O–H groups in total. The number of nitrogens with one attached hydrogen (secondary N) is 1. The first-order chi connectivity index (χ1) is 6.26. The van der Waals surface area contributed by atoms with E-state index in [0.717, 1.165) is 6.67 Å². The van der Waals surface area contributed by atoms with Gasteiger partial charge < -0.3 is 7.43 Å². The van der Waals surface area contributed by atoms with Crippen LogP contribution >= 0.6 is 27.3 Å². The van der Waals surface area contributed by atoms with Crippen LogP contribution < -0.4 is 5.32 Å². The molecular formula is C7H18Cl2N3PRu. The van der Waals surface area contributed by atoms with Gasteiger partial charge in [-0.1, -0.05) is 0 Å². The predicted octanol–water partition coefficient (Wildman–Crippen LogP) is 1.67. The molecule has 3 nitrogen and oxygen atoms in total. The van der Waals surface area contributed by atoms with Gasteiger partial charge in [-0.15, -0.1) is 0 Å². The Bertz CT molecular complexity index is 139. The molecule has 0 aliphatic carbocycles. The van der Waals surface area contributed by atoms with E-state index < -0.39 is 0 Å². The summed E-state index contributed by atoms with van der Waals surface area (Å²) in [6.45, 7) is 2.28. The van der Waals surface area contributed by atoms with Gasteiger partial charge in [0, 0.05) is 7.92 Å². The van der Waals surface area contributed by atoms with Gasteiger partial charge in [0.1, 0.15) is 18.9 Å². The van der Waals surface area contributed by atoms with Crippen molar-refractivity contribution in [2.45, 2.75) is 0 Å². The van der Waals surface area contributed by atoms with Gasteiger partial charge in [0.15, 0.2) is 0 Å². The van der Waals surface area contributed by atoms with Gasteiger partial charge in [0.25, 0.3) is 0 Å². The standard InChI is InChI=1S/C6H14N3P.CH3.2ClH.Ru/c1-8-4-9-2-7-3-10(5-8)6-9;;;;/h7H,2-6H2,1H3;1H3;2*1H;/q;-1;;;+2/p-1. The van der Waals surface area contributed by atoms with Crippen molar-refractivity contribution >= 4 is 27.3 Å². The predicted molar refractivity (Wildman–Crippen MR) is 63.5 cm³/mol. The van der Waals surface area contributed by atoms with Gasteiger partial charge in [0.2, 0.25) is 0 Å². The first-order valence-electron chi connectivity index (χ1n) is 4.06. The second kappa shape index (κ2) is 8.64. The SMILES string of the molecule is CN1CN2CNC[PH+](C1)C2.[CH3-].[Cl][Ru][Cl]. The van der Waals surface area contributed by atoms with Crippen molar-refractivity contribution in [1.29, 1.82) is 0 Å². The molecule has 2 unspecified atom stereocenters. The quantitative estimate of drug-likeness (QED) is 0.409. The van der Waals surface area contributed by atoms with Crippen molar-refractivity contribution < 1.29 is 15.1 Å². The van der Waals surface area contributed by atoms with E-state index in [0.29, 0.717) is 0 Å². The van der Waals surface area contributed by atoms with Crippen molar-refractivity contribution in [3.63, 3.8) is 0 Å². The summed E-state index contributed by atoms with van der Waals surface area (Å²) >= 11 is -0.346. The third-order valence-corrected chi connectivity index (χ3v) is 4.72. The van der Waals surface area contributed by atoms with Crippen LogP contribution in [0.3, 0.4) is 0 Å². The molecule has 2 bridgehead atoms. The van der Waals surface area contributed by atoms with Gasteiger partial charge in [-0.3, -0.25) is 10.2 Å². The zero-order valence-electron chi connectivity index (χ0n) is 8.54. The molecule has 14 heavy (non-hydrogen) atoms. The van der Waals surface area contributed by atoms with Crippen molar-refractivity contribution in [3.8, 4) is 0 Å². The maximum atomic E-state index is 4.85. The van der Waals surface area contributed by atoms with E-state index in [-0.39, 0.29) is 30.5 Å². The summed E-state index contributed by atoms with van der Waals surface area (Å²) in [4.78, 5) is 4.94. The Labute approximate surface area is 104 Å². The minimum absolute atomic E-state index is 0. The second-order valence-corrected chi connectivity index (χ2v) is 8.49. The fourth-order valence-corrected chi connectivity index (χ4v) is 4.29. The van der Waals surface area contributed by atoms with Crippen LogP contribution in [0.15, 0.2) is 0 Å². The van der Waals surface area contributed by atoms with Crippen LogP contribution in [0.5, 0.6) is 0 Å². The molecule has 0 radical (unpaired) electrons. The van der Waals surface area contributed by atoms with Crippen molar-refractivity contribution in [2.24, 2.45) is 0 Å². The Balaban J connectivity index is 0.000000381. The van der Waals surface area contributed by atoms with E-state index >= 15 is 0 Å². The van der Waals surface area contributed by atoms with Crippen molar-refractivity contribution in [1.82, 2.24) is 15.1 Å². The van der Waals surface area contributed by atoms with Crippen LogP contribution in [0, 0.1) is 7.43 Å². The fourth-order valence-electron chi connectivity index (χ4n) is 1.80. The van der Waals surface area contributed by atoms with E-state index in [1.54, 1.807) is 0 Å². The summed E-state index contributed by atoms with van der Waals surface area (Å²) in [6.07, 6.45) is 4.08. The molecule has 0 aromatic heterocycles. The normalized spacial score (nSPS) is 31.4. The second-order valence-electron chi connectivity index (χ2n) is 3.37. The summed E-state index contributed by atoms with van der Waals surface area (Å²) in [5.74, 6) is 0. The fraction of sp³-hybridized carbons (Fsp3) is 0.857. The molecule has 0 aromatic rings. The number of nitrogens with zero attached hydrogens (tertiary/aromatic N) is 2. The summed E-state index contributed by atoms with van der Waals surface area (Å²) < 4.78 is 0. The first-order valence-corrected chi connectivity index (χ1v) is 10.7. The van der Waals surface area contributed by atoms with Gasteiger partial charge >= 0.3 is 34.5 Å². The van der Waals surface area contributed by atoms with Crippen LogP contribution in [-0.4, -0.2) is 49.0 Å². The summed E-state index contributed by atoms with van der Waals surface area (Å²) in [6, 6.07) is 0. The molecule has 0 spiro atoms. The Morgan fingerprint density at radius 1 is 1.36 bits per heavy atom. The van der Waals surface area contributed by atoms with Crippen molar-refractivity contribution in [3.05, 3.63) is 7.43 Å². The summed E-state index contributed by atoms with van der Waals surface area (Å²) in [5.41, 5.74) is 0. The molecule has 2 saturated heterocycles. The number of rotatable bonds is 0. The van der Waals surface area contributed by atoms with Crippen LogP contribution in [0.4, 0.5) is 0 Å². The van der Waals surface area contributed by atoms with E-state index in [9.17, 15) is 0 Å². The zero-order valence-corrected chi connectivity index (χ0v) is 12.8. The molecule has 0 aromatic carbocycles. The third-order valence-electron chi connectivity index (χ3n) is 2.09. The molecule has 2 aliphatic rings. The first kappa shape index (κ1) is 15.5. The average Bonchev–Trinajstić information content (AvgIpc) is 2.04. The average molecular weight is 347 g/mol. The van der Waals surface area contributed by atoms with Gasteiger partial charge in [0.05, 0.1) is 13.3 Å². The number of halogens is 2. The summed E-state index contributed by atoms with van der Waals surface area (Å²) in [5, 5.41) is 3.45. The van der Waals surface area contributed by atoms with Crippen LogP contribution in [0.1, 0.15) is 0 Å². The number of hydrogen-bond donors (Lipinski definition) is 1. The molecule has 2 atom stereocenters. The van der Waals surface area contributed by atoms with Gasteiger partial charge in [-0.2, -0.15) is 0 Å². The Morgan fingerprint density at radius 3 is 2.57 bits per heavy atom. The molecule has 7 heteroatoms. The van der Waals surface area contributed by atoms with E-state index in [2.05, 4.69) is 22.2 Å². The Kier molecular flexibility index (Phi) is 9.57. The zero-order chi connectivity index (χ0) is 9.68. The number of hydrogen-bond acceptors (Lipinski definition) is 3. The topological polar surface area (TPSA) is 18.5 Å². The van der Waals surface area contributed by atoms with E-state index in [1.807, 2.05) is 0 Å². The summed E-state index contributed by atoms with van der Waals surface area (Å²) in [7, 11) is 11.9. The molecule has 0 amide bonds. The Hall–Kier alpha value is 1.51. The third kappa shape index (κ3) is 5.56. The minimum atomic E-state index is -0.346. The van der Waals surface area contributed by atoms with E-state index in [4.69, 9.17) is 19.4 Å². The van der Waals surface area contributed by atoms with Crippen LogP contribution in [0.25, 0.3) is 0 Å². The monoisotopic (exact) mass is 347 g/mol.